The number of thiol groups is 2. The van der Waals surface area contributed by atoms with Gasteiger partial charge in [0.2, 0.25) is 11.8 Å². The monoisotopic (exact) mass is 1670 g/mol. The van der Waals surface area contributed by atoms with Crippen LogP contribution in [0.4, 0.5) is 0 Å². The molecule has 0 aromatic rings. The summed E-state index contributed by atoms with van der Waals surface area (Å²) in [6.45, 7) is -3.73. The number of ketones is 2. The van der Waals surface area contributed by atoms with Crippen molar-refractivity contribution < 1.29 is 197 Å². The van der Waals surface area contributed by atoms with E-state index in [4.69, 9.17) is 75.8 Å². The minimum Gasteiger partial charge on any atom is -0.394 e. The number of hydrogen-bond donors (Lipinski definition) is 25. The van der Waals surface area contributed by atoms with Gasteiger partial charge in [0.15, 0.2) is 43.8 Å². The van der Waals surface area contributed by atoms with Gasteiger partial charge < -0.3 is 194 Å². The van der Waals surface area contributed by atoms with Crippen molar-refractivity contribution in [1.29, 1.82) is 0 Å². The van der Waals surface area contributed by atoms with Crippen molar-refractivity contribution in [3.05, 3.63) is 0 Å². The Hall–Kier alpha value is -1.80. The number of thioether (sulfide) groups is 2. The van der Waals surface area contributed by atoms with Crippen LogP contribution in [0.3, 0.4) is 0 Å². The predicted octanol–water partition coefficient (Wildman–Crippen LogP) is -13.8. The minimum atomic E-state index is -3.56. The lowest BCUT2D eigenvalue weighted by molar-refractivity contribution is -0.480. The minimum absolute atomic E-state index is 0.0602. The Kier molecular flexibility index (Phi) is 37.7. The Labute approximate surface area is 649 Å². The summed E-state index contributed by atoms with van der Waals surface area (Å²) in [6, 6.07) is -0.917. The van der Waals surface area contributed by atoms with Crippen molar-refractivity contribution in [2.75, 3.05) is 114 Å². The molecule has 0 aromatic heterocycles. The van der Waals surface area contributed by atoms with Gasteiger partial charge >= 0.3 is 5.97 Å². The van der Waals surface area contributed by atoms with Crippen LogP contribution >= 0.6 is 48.8 Å². The SMILES string of the molecule is CN[C@H](CSCC1O[C@@H]2O[C@@H]3C(CO)O[C@H](O[C@@H]4C(CO)O[C@H](O[C@@H]5C(CO)O[C@H](O[C@@H]6C(CSC[C@@H](CC(=O)CCOCCOCCC(C)=O)C(=O)NCCS)O[C@H](O[C@@H]7C(CO)O[C@H](O[C@@H]8C(CO)O[C@@](O)(O[C@H]1[C@H](O)C2O)C(O)[C@H]8O)C(O)[C@H]7O)C(O)[C@H]6O)C(O)[C@H]5O)C(O)[C@H]4O)C(O)[C@H]3O)C(=O)NCCS. The third kappa shape index (κ3) is 23.2. The number of ether oxygens (including phenoxy) is 16. The fourth-order valence-electron chi connectivity index (χ4n) is 13.3. The lowest BCUT2D eigenvalue weighted by Crippen LogP contribution is -2.71. The first-order valence-corrected chi connectivity index (χ1v) is 39.3. The molecule has 21 aliphatic rings. The van der Waals surface area contributed by atoms with Crippen LogP contribution in [-0.2, 0) is 95.0 Å². The summed E-state index contributed by atoms with van der Waals surface area (Å²) in [7, 11) is 1.47. The zero-order valence-corrected chi connectivity index (χ0v) is 63.2. The van der Waals surface area contributed by atoms with Crippen LogP contribution in [0, 0.1) is 5.92 Å². The van der Waals surface area contributed by atoms with Crippen molar-refractivity contribution in [2.45, 2.75) is 247 Å². The van der Waals surface area contributed by atoms with E-state index < -0.39 is 289 Å². The summed E-state index contributed by atoms with van der Waals surface area (Å²) in [5.41, 5.74) is 0. The van der Waals surface area contributed by atoms with Crippen molar-refractivity contribution in [2.24, 2.45) is 5.92 Å². The molecule has 21 rings (SSSR count). The van der Waals surface area contributed by atoms with E-state index in [1.54, 1.807) is 0 Å². The van der Waals surface area contributed by atoms with Crippen LogP contribution in [0.5, 0.6) is 0 Å². The second-order valence-corrected chi connectivity index (χ2v) is 30.3. The molecule has 110 heavy (non-hydrogen) atoms. The van der Waals surface area contributed by atoms with Crippen LogP contribution in [0.15, 0.2) is 0 Å². The summed E-state index contributed by atoms with van der Waals surface area (Å²) in [6.07, 6.45) is -72.9. The predicted molar refractivity (Wildman–Crippen MR) is 371 cm³/mol. The molecule has 23 N–H and O–H groups in total. The Morgan fingerprint density at radius 3 is 1.10 bits per heavy atom. The van der Waals surface area contributed by atoms with E-state index in [0.29, 0.717) is 0 Å². The van der Waals surface area contributed by atoms with Gasteiger partial charge in [-0.3, -0.25) is 19.2 Å². The molecule has 21 fully saturated rings. The first kappa shape index (κ1) is 93.7. The van der Waals surface area contributed by atoms with Crippen LogP contribution in [-0.4, -0.2) is 460 Å². The number of Topliss-reactive ketones (excluding diaryl/α,β-unsaturated/α-hetero) is 2. The molecule has 21 aliphatic heterocycles. The van der Waals surface area contributed by atoms with Gasteiger partial charge in [0.25, 0.3) is 0 Å². The summed E-state index contributed by atoms with van der Waals surface area (Å²) in [5.74, 6) is -6.79. The Balaban J connectivity index is 1.10. The Morgan fingerprint density at radius 1 is 0.409 bits per heavy atom. The maximum Gasteiger partial charge on any atom is 0.311 e. The molecule has 0 radical (unpaired) electrons. The van der Waals surface area contributed by atoms with E-state index in [9.17, 15) is 121 Å². The second-order valence-electron chi connectivity index (χ2n) is 27.3. The topological polar surface area (TPSA) is 657 Å². The molecule has 638 valence electrons. The van der Waals surface area contributed by atoms with E-state index in [2.05, 4.69) is 41.2 Å². The molecule has 0 aromatic carbocycles. The third-order valence-corrected chi connectivity index (χ3v) is 22.3. The molecule has 0 saturated carbocycles. The van der Waals surface area contributed by atoms with Crippen LogP contribution in [0.1, 0.15) is 26.2 Å². The molecule has 47 heteroatoms. The van der Waals surface area contributed by atoms with E-state index in [1.165, 1.54) is 14.0 Å². The zero-order chi connectivity index (χ0) is 80.6. The summed E-state index contributed by atoms with van der Waals surface area (Å²) in [4.78, 5) is 51.3. The first-order valence-electron chi connectivity index (χ1n) is 35.7. The fraction of sp³-hybridized carbons (Fsp3) is 0.937. The van der Waals surface area contributed by atoms with Gasteiger partial charge in [-0.1, -0.05) is 0 Å². The number of likely N-dealkylation sites (N-methyl/N-ethyl adjacent to an activating group) is 1. The smallest absolute Gasteiger partial charge is 0.311 e. The van der Waals surface area contributed by atoms with Gasteiger partial charge in [-0.25, -0.2) is 0 Å². The first-order chi connectivity index (χ1) is 52.4. The molecule has 0 aliphatic carbocycles. The molecule has 2 amide bonds. The van der Waals surface area contributed by atoms with Gasteiger partial charge in [-0.2, -0.15) is 48.8 Å². The highest BCUT2D eigenvalue weighted by molar-refractivity contribution is 7.99. The van der Waals surface area contributed by atoms with Gasteiger partial charge in [-0.05, 0) is 14.0 Å². The highest BCUT2D eigenvalue weighted by Crippen LogP contribution is 2.42. The average Bonchev–Trinajstić information content (AvgIpc) is 0.752. The lowest BCUT2D eigenvalue weighted by Gasteiger charge is -2.52. The molecule has 14 unspecified atom stereocenters. The third-order valence-electron chi connectivity index (χ3n) is 19.5. The molecular weight excluding hydrogens is 1570 g/mol. The molecule has 43 nitrogen and oxygen atoms in total. The molecule has 21 heterocycles. The second kappa shape index (κ2) is 44.3. The number of aliphatic hydroxyl groups excluding tert-OH is 19. The lowest BCUT2D eigenvalue weighted by atomic mass is 9.94. The van der Waals surface area contributed by atoms with E-state index in [0.717, 1.165) is 23.5 Å². The van der Waals surface area contributed by atoms with Gasteiger partial charge in [-0.15, -0.1) is 0 Å². The average molecular weight is 1670 g/mol. The van der Waals surface area contributed by atoms with Gasteiger partial charge in [0.1, 0.15) is 164 Å². The summed E-state index contributed by atoms with van der Waals surface area (Å²) < 4.78 is 93.7. The number of carbonyl (C=O) groups excluding carboxylic acids is 4. The Bertz CT molecular complexity index is 2800. The highest BCUT2D eigenvalue weighted by atomic mass is 32.2. The molecule has 14 bridgehead atoms. The Morgan fingerprint density at radius 2 is 0.736 bits per heavy atom. The number of carbonyl (C=O) groups is 4. The highest BCUT2D eigenvalue weighted by Gasteiger charge is 2.63. The standard InChI is InChI=1S/C63H107N3O40S4/c1-23(72)3-7-91-9-10-92-8-4-25(73)13-24(55(88)65-5-11-107)19-109-21-32-52-38(78)44(84)61(97-32)101-49-30(17-70)95-59(42(82)36(49)76)103-51-31(18-71)105-63(90,54(87)46(51)86)106-53-33(22-110-20-26(64-2)56(89)66-6-12-108)98-62(45(85)39(53)79)102-50-29(16-69)94-58(41(81)35(50)75)99-47-27(14-67)93-57(40(80)34(47)74)100-48-28(15-68)96-60(104-52)43(83)37(48)77/h24,26-54,57-62,64,67-71,74-87,90,107-108H,3-22H2,1-2H3,(H,65,88)(H,66,89)/t24-,26-,27?,28?,29?,30?,31?,32?,33?,34-,35-,36-,37-,38-,39-,40?,41?,42?,43?,44?,45?,46+,47-,48-,49-,50-,51-,52-,53-,54?,57-,58-,59-,60-,61-,62-,63-/m1/s1. The van der Waals surface area contributed by atoms with Crippen molar-refractivity contribution >= 4 is 72.2 Å². The van der Waals surface area contributed by atoms with E-state index in [1.807, 2.05) is 0 Å². The zero-order valence-electron chi connectivity index (χ0n) is 59.7. The van der Waals surface area contributed by atoms with Crippen molar-refractivity contribution in [3.63, 3.8) is 0 Å². The molecule has 0 spiro atoms. The normalized spacial score (nSPS) is 43.4. The van der Waals surface area contributed by atoms with Gasteiger partial charge in [0.05, 0.1) is 83.6 Å². The summed E-state index contributed by atoms with van der Waals surface area (Å²) in [5, 5.41) is 239. The van der Waals surface area contributed by atoms with Gasteiger partial charge in [0, 0.05) is 66.9 Å². The number of hydrogen-bond acceptors (Lipinski definition) is 45. The van der Waals surface area contributed by atoms with Crippen LogP contribution in [0.25, 0.3) is 0 Å². The number of rotatable bonds is 31. The van der Waals surface area contributed by atoms with E-state index in [-0.39, 0.29) is 87.6 Å². The molecule has 37 atom stereocenters. The fourth-order valence-corrected chi connectivity index (χ4v) is 15.9. The van der Waals surface area contributed by atoms with Crippen LogP contribution < -0.4 is 16.0 Å². The maximum atomic E-state index is 13.7. The number of amides is 2. The summed E-state index contributed by atoms with van der Waals surface area (Å²) >= 11 is 10.1. The number of aliphatic hydroxyl groups is 20. The molecular formula is C63H107N3O40S4. The van der Waals surface area contributed by atoms with Crippen LogP contribution in [0.2, 0.25) is 0 Å². The quantitative estimate of drug-likeness (QED) is 0.0226. The van der Waals surface area contributed by atoms with E-state index >= 15 is 0 Å². The van der Waals surface area contributed by atoms with Crippen molar-refractivity contribution in [3.8, 4) is 0 Å². The van der Waals surface area contributed by atoms with Crippen molar-refractivity contribution in [1.82, 2.24) is 16.0 Å². The molecule has 21 saturated heterocycles. The number of nitrogens with one attached hydrogen (secondary N) is 3. The largest absolute Gasteiger partial charge is 0.394 e. The maximum absolute atomic E-state index is 13.7.